The Labute approximate surface area is 127 Å². The molecule has 1 aliphatic rings. The van der Waals surface area contributed by atoms with Gasteiger partial charge in [-0.2, -0.15) is 0 Å². The average Bonchev–Trinajstić information content (AvgIpc) is 2.89. The van der Waals surface area contributed by atoms with Gasteiger partial charge in [-0.15, -0.1) is 0 Å². The molecule has 2 atom stereocenters. The Hall–Kier alpha value is -1.35. The van der Waals surface area contributed by atoms with Crippen LogP contribution in [0.1, 0.15) is 29.6 Å². The van der Waals surface area contributed by atoms with Crippen LogP contribution in [0.4, 0.5) is 0 Å². The summed E-state index contributed by atoms with van der Waals surface area (Å²) in [6, 6.07) is 13.9. The van der Waals surface area contributed by atoms with Gasteiger partial charge in [-0.3, -0.25) is 4.79 Å². The van der Waals surface area contributed by atoms with Crippen molar-refractivity contribution in [1.82, 2.24) is 5.32 Å². The lowest BCUT2D eigenvalue weighted by Gasteiger charge is -2.15. The van der Waals surface area contributed by atoms with Crippen LogP contribution >= 0.6 is 15.9 Å². The van der Waals surface area contributed by atoms with Gasteiger partial charge < -0.3 is 5.32 Å². The zero-order valence-corrected chi connectivity index (χ0v) is 12.9. The first-order valence-electron chi connectivity index (χ1n) is 7.16. The van der Waals surface area contributed by atoms with Crippen LogP contribution in [-0.4, -0.2) is 17.3 Å². The van der Waals surface area contributed by atoms with Crippen LogP contribution in [0.15, 0.2) is 42.5 Å². The fraction of sp³-hybridized carbons (Fsp3) is 0.353. The number of fused-ring (bicyclic) bond motifs is 1. The van der Waals surface area contributed by atoms with Gasteiger partial charge in [0, 0.05) is 16.9 Å². The summed E-state index contributed by atoms with van der Waals surface area (Å²) in [7, 11) is 0. The monoisotopic (exact) mass is 331 g/mol. The first-order valence-corrected chi connectivity index (χ1v) is 8.07. The van der Waals surface area contributed by atoms with E-state index in [1.165, 1.54) is 19.3 Å². The summed E-state index contributed by atoms with van der Waals surface area (Å²) in [5.74, 6) is 0.599. The van der Waals surface area contributed by atoms with Crippen LogP contribution in [-0.2, 0) is 0 Å². The Balaban J connectivity index is 1.75. The van der Waals surface area contributed by atoms with Crippen LogP contribution in [0.5, 0.6) is 0 Å². The van der Waals surface area contributed by atoms with Gasteiger partial charge in [0.05, 0.1) is 0 Å². The van der Waals surface area contributed by atoms with Crippen LogP contribution in [0.25, 0.3) is 10.8 Å². The Morgan fingerprint density at radius 3 is 2.75 bits per heavy atom. The number of rotatable bonds is 3. The highest BCUT2D eigenvalue weighted by atomic mass is 79.9. The highest BCUT2D eigenvalue weighted by Crippen LogP contribution is 2.31. The van der Waals surface area contributed by atoms with E-state index in [4.69, 9.17) is 0 Å². The molecule has 0 saturated heterocycles. The smallest absolute Gasteiger partial charge is 0.251 e. The molecule has 0 aliphatic heterocycles. The third-order valence-electron chi connectivity index (χ3n) is 4.13. The van der Waals surface area contributed by atoms with E-state index in [1.807, 2.05) is 42.5 Å². The number of nitrogens with one attached hydrogen (secondary N) is 1. The highest BCUT2D eigenvalue weighted by molar-refractivity contribution is 9.09. The molecule has 2 aromatic carbocycles. The summed E-state index contributed by atoms with van der Waals surface area (Å²) in [6.45, 7) is 0.762. The second-order valence-electron chi connectivity index (χ2n) is 5.44. The Bertz CT molecular complexity index is 620. The quantitative estimate of drug-likeness (QED) is 0.841. The summed E-state index contributed by atoms with van der Waals surface area (Å²) in [6.07, 6.45) is 3.67. The van der Waals surface area contributed by atoms with Gasteiger partial charge >= 0.3 is 0 Å². The minimum Gasteiger partial charge on any atom is -0.352 e. The Morgan fingerprint density at radius 1 is 1.15 bits per heavy atom. The molecule has 104 valence electrons. The lowest BCUT2D eigenvalue weighted by Crippen LogP contribution is -2.31. The number of hydrogen-bond donors (Lipinski definition) is 1. The molecule has 0 heterocycles. The van der Waals surface area contributed by atoms with Crippen molar-refractivity contribution in [2.45, 2.75) is 24.1 Å². The molecule has 0 spiro atoms. The van der Waals surface area contributed by atoms with Crippen molar-refractivity contribution in [3.63, 3.8) is 0 Å². The first-order chi connectivity index (χ1) is 9.75. The molecule has 2 aromatic rings. The number of amides is 1. The first kappa shape index (κ1) is 13.6. The average molecular weight is 332 g/mol. The normalized spacial score (nSPS) is 22.1. The maximum Gasteiger partial charge on any atom is 0.251 e. The molecule has 2 unspecified atom stereocenters. The van der Waals surface area contributed by atoms with Gasteiger partial charge in [0.1, 0.15) is 0 Å². The number of benzene rings is 2. The van der Waals surface area contributed by atoms with Crippen molar-refractivity contribution < 1.29 is 4.79 Å². The maximum absolute atomic E-state index is 12.4. The molecular weight excluding hydrogens is 314 g/mol. The molecule has 1 fully saturated rings. The molecule has 1 saturated carbocycles. The van der Waals surface area contributed by atoms with Crippen LogP contribution in [0, 0.1) is 5.92 Å². The van der Waals surface area contributed by atoms with Crippen molar-refractivity contribution >= 4 is 32.6 Å². The summed E-state index contributed by atoms with van der Waals surface area (Å²) >= 11 is 3.70. The highest BCUT2D eigenvalue weighted by Gasteiger charge is 2.25. The van der Waals surface area contributed by atoms with E-state index in [2.05, 4.69) is 21.2 Å². The minimum atomic E-state index is 0.0356. The number of halogens is 1. The van der Waals surface area contributed by atoms with E-state index in [9.17, 15) is 4.79 Å². The molecule has 1 aliphatic carbocycles. The van der Waals surface area contributed by atoms with Crippen LogP contribution in [0.3, 0.4) is 0 Å². The van der Waals surface area contributed by atoms with Crippen molar-refractivity contribution in [3.8, 4) is 0 Å². The largest absolute Gasteiger partial charge is 0.352 e. The third-order valence-corrected chi connectivity index (χ3v) is 5.33. The van der Waals surface area contributed by atoms with E-state index in [0.29, 0.717) is 10.7 Å². The van der Waals surface area contributed by atoms with E-state index >= 15 is 0 Å². The van der Waals surface area contributed by atoms with Gasteiger partial charge in [0.15, 0.2) is 0 Å². The van der Waals surface area contributed by atoms with Crippen molar-refractivity contribution in [3.05, 3.63) is 48.0 Å². The van der Waals surface area contributed by atoms with E-state index in [0.717, 1.165) is 22.9 Å². The van der Waals surface area contributed by atoms with Gasteiger partial charge in [-0.25, -0.2) is 0 Å². The number of hydrogen-bond acceptors (Lipinski definition) is 1. The Morgan fingerprint density at radius 2 is 1.95 bits per heavy atom. The van der Waals surface area contributed by atoms with Crippen LogP contribution in [0.2, 0.25) is 0 Å². The molecule has 1 amide bonds. The number of alkyl halides is 1. The lowest BCUT2D eigenvalue weighted by molar-refractivity contribution is 0.0949. The predicted octanol–water partition coefficient (Wildman–Crippen LogP) is 4.13. The predicted molar refractivity (Wildman–Crippen MR) is 86.3 cm³/mol. The van der Waals surface area contributed by atoms with E-state index in [-0.39, 0.29) is 5.91 Å². The topological polar surface area (TPSA) is 29.1 Å². The number of carbonyl (C=O) groups excluding carboxylic acids is 1. The molecule has 0 radical (unpaired) electrons. The van der Waals surface area contributed by atoms with Crippen molar-refractivity contribution in [2.75, 3.05) is 6.54 Å². The maximum atomic E-state index is 12.4. The molecule has 0 aromatic heterocycles. The standard InChI is InChI=1S/C17H18BrNO/c18-16-10-4-7-13(16)11-19-17(20)15-9-3-6-12-5-1-2-8-14(12)15/h1-3,5-6,8-9,13,16H,4,7,10-11H2,(H,19,20). The molecule has 3 rings (SSSR count). The fourth-order valence-corrected chi connectivity index (χ4v) is 3.74. The second-order valence-corrected chi connectivity index (χ2v) is 6.62. The van der Waals surface area contributed by atoms with Gasteiger partial charge in [0.25, 0.3) is 5.91 Å². The zero-order chi connectivity index (χ0) is 13.9. The van der Waals surface area contributed by atoms with Gasteiger partial charge in [-0.1, -0.05) is 58.7 Å². The molecular formula is C17H18BrNO. The number of carbonyl (C=O) groups is 1. The molecule has 20 heavy (non-hydrogen) atoms. The molecule has 1 N–H and O–H groups in total. The third kappa shape index (κ3) is 2.73. The van der Waals surface area contributed by atoms with E-state index in [1.54, 1.807) is 0 Å². The summed E-state index contributed by atoms with van der Waals surface area (Å²) in [5, 5.41) is 5.23. The fourth-order valence-electron chi connectivity index (χ4n) is 2.96. The Kier molecular flexibility index (Phi) is 4.06. The molecule has 0 bridgehead atoms. The second kappa shape index (κ2) is 5.96. The molecule has 3 heteroatoms. The van der Waals surface area contributed by atoms with Crippen molar-refractivity contribution in [1.29, 1.82) is 0 Å². The minimum absolute atomic E-state index is 0.0356. The van der Waals surface area contributed by atoms with Gasteiger partial charge in [0.2, 0.25) is 0 Å². The summed E-state index contributed by atoms with van der Waals surface area (Å²) in [5.41, 5.74) is 0.771. The summed E-state index contributed by atoms with van der Waals surface area (Å²) in [4.78, 5) is 12.9. The van der Waals surface area contributed by atoms with Crippen LogP contribution < -0.4 is 5.32 Å². The lowest BCUT2D eigenvalue weighted by atomic mass is 10.0. The van der Waals surface area contributed by atoms with Gasteiger partial charge in [-0.05, 0) is 35.6 Å². The SMILES string of the molecule is O=C(NCC1CCCC1Br)c1cccc2ccccc12. The van der Waals surface area contributed by atoms with Crippen molar-refractivity contribution in [2.24, 2.45) is 5.92 Å². The molecule has 2 nitrogen and oxygen atoms in total. The van der Waals surface area contributed by atoms with E-state index < -0.39 is 0 Å². The zero-order valence-electron chi connectivity index (χ0n) is 11.3. The summed E-state index contributed by atoms with van der Waals surface area (Å²) < 4.78 is 0.